The third kappa shape index (κ3) is 8.53. The molecule has 0 radical (unpaired) electrons. The van der Waals surface area contributed by atoms with Gasteiger partial charge in [-0.1, -0.05) is 81.2 Å². The number of ether oxygens (including phenoxy) is 1. The van der Waals surface area contributed by atoms with Crippen molar-refractivity contribution < 1.29 is 31.1 Å². The zero-order valence-electron chi connectivity index (χ0n) is 27.5. The summed E-state index contributed by atoms with van der Waals surface area (Å²) in [5, 5.41) is 0. The van der Waals surface area contributed by atoms with Crippen LogP contribution >= 0.6 is 0 Å². The standard InChI is InChI=1S/C41H42F6O/c1-3-5-7-9-27-11-13-29(14-12-27)33-25-38(44)40(39(45)26-33)41(46,47)48-34-20-17-28(18-21-34)31-19-22-35(37(43)23-31)32-16-15-30(36(42)24-32)10-8-6-4-2/h4,6,15-27,29H,3,5,7-14H2,1-2H3. The number of aryl methyl sites for hydroxylation is 1. The molecule has 1 aliphatic rings. The van der Waals surface area contributed by atoms with Crippen LogP contribution in [0.3, 0.4) is 0 Å². The highest BCUT2D eigenvalue weighted by Gasteiger charge is 2.41. The van der Waals surface area contributed by atoms with Crippen molar-refractivity contribution in [2.24, 2.45) is 5.92 Å². The molecule has 0 atom stereocenters. The van der Waals surface area contributed by atoms with Gasteiger partial charge in [-0.15, -0.1) is 0 Å². The van der Waals surface area contributed by atoms with E-state index in [2.05, 4.69) is 6.92 Å². The minimum absolute atomic E-state index is 0.0636. The zero-order valence-corrected chi connectivity index (χ0v) is 27.5. The first-order valence-electron chi connectivity index (χ1n) is 17.0. The molecule has 1 saturated carbocycles. The minimum atomic E-state index is -4.27. The van der Waals surface area contributed by atoms with Crippen LogP contribution < -0.4 is 4.74 Å². The highest BCUT2D eigenvalue weighted by Crippen LogP contribution is 2.41. The summed E-state index contributed by atoms with van der Waals surface area (Å²) in [6, 6.07) is 16.5. The van der Waals surface area contributed by atoms with Crippen LogP contribution in [0.5, 0.6) is 5.75 Å². The Labute approximate surface area is 279 Å². The highest BCUT2D eigenvalue weighted by molar-refractivity contribution is 5.71. The van der Waals surface area contributed by atoms with Gasteiger partial charge in [0.05, 0.1) is 0 Å². The maximum absolute atomic E-state index is 15.2. The van der Waals surface area contributed by atoms with E-state index in [0.717, 1.165) is 50.7 Å². The fraction of sp³-hybridized carbons (Fsp3) is 0.366. The molecule has 254 valence electrons. The third-order valence-corrected chi connectivity index (χ3v) is 9.47. The average molecular weight is 665 g/mol. The number of allylic oxidation sites excluding steroid dienone is 2. The number of rotatable bonds is 13. The lowest BCUT2D eigenvalue weighted by Gasteiger charge is -2.29. The predicted molar refractivity (Wildman–Crippen MR) is 180 cm³/mol. The van der Waals surface area contributed by atoms with Crippen molar-refractivity contribution >= 4 is 0 Å². The Kier molecular flexibility index (Phi) is 11.7. The number of hydrogen-bond acceptors (Lipinski definition) is 1. The Morgan fingerprint density at radius 2 is 1.38 bits per heavy atom. The molecule has 0 N–H and O–H groups in total. The third-order valence-electron chi connectivity index (χ3n) is 9.47. The molecule has 1 aliphatic carbocycles. The van der Waals surface area contributed by atoms with Gasteiger partial charge >= 0.3 is 6.11 Å². The molecule has 1 fully saturated rings. The van der Waals surface area contributed by atoms with Crippen molar-refractivity contribution in [3.8, 4) is 28.0 Å². The SMILES string of the molecule is CC=CCCc1ccc(-c2ccc(-c3ccc(OC(F)(F)c4c(F)cc(C5CCC(CCCCC)CC5)cc4F)cc3)cc2F)cc1F. The quantitative estimate of drug-likeness (QED) is 0.0785. The van der Waals surface area contributed by atoms with Gasteiger partial charge in [-0.2, -0.15) is 8.78 Å². The number of benzene rings is 4. The van der Waals surface area contributed by atoms with Gasteiger partial charge in [-0.3, -0.25) is 0 Å². The van der Waals surface area contributed by atoms with Gasteiger partial charge in [0, 0.05) is 5.56 Å². The van der Waals surface area contributed by atoms with Gasteiger partial charge < -0.3 is 4.74 Å². The molecule has 4 aromatic carbocycles. The predicted octanol–water partition coefficient (Wildman–Crippen LogP) is 13.1. The summed E-state index contributed by atoms with van der Waals surface area (Å²) in [6.07, 6.45) is 9.04. The minimum Gasteiger partial charge on any atom is -0.429 e. The number of unbranched alkanes of at least 4 members (excludes halogenated alkanes) is 2. The molecule has 0 unspecified atom stereocenters. The lowest BCUT2D eigenvalue weighted by atomic mass is 9.77. The smallest absolute Gasteiger partial charge is 0.429 e. The van der Waals surface area contributed by atoms with E-state index in [1.807, 2.05) is 19.1 Å². The first kappa shape index (κ1) is 35.3. The van der Waals surface area contributed by atoms with Gasteiger partial charge in [-0.25, -0.2) is 17.6 Å². The van der Waals surface area contributed by atoms with Crippen molar-refractivity contribution in [1.82, 2.24) is 0 Å². The van der Waals surface area contributed by atoms with E-state index in [1.165, 1.54) is 55.3 Å². The molecule has 5 rings (SSSR count). The van der Waals surface area contributed by atoms with Gasteiger partial charge in [0.15, 0.2) is 0 Å². The molecule has 0 spiro atoms. The van der Waals surface area contributed by atoms with Gasteiger partial charge in [0.1, 0.15) is 34.6 Å². The molecule has 48 heavy (non-hydrogen) atoms. The van der Waals surface area contributed by atoms with E-state index in [1.54, 1.807) is 18.2 Å². The Morgan fingerprint density at radius 1 is 0.729 bits per heavy atom. The second-order valence-electron chi connectivity index (χ2n) is 12.8. The van der Waals surface area contributed by atoms with Crippen molar-refractivity contribution in [3.05, 3.63) is 125 Å². The summed E-state index contributed by atoms with van der Waals surface area (Å²) < 4.78 is 95.1. The normalized spacial score (nSPS) is 16.8. The Morgan fingerprint density at radius 3 is 2.00 bits per heavy atom. The molecule has 0 amide bonds. The van der Waals surface area contributed by atoms with Crippen LogP contribution in [0.25, 0.3) is 22.3 Å². The van der Waals surface area contributed by atoms with Gasteiger partial charge in [0.2, 0.25) is 0 Å². The summed E-state index contributed by atoms with van der Waals surface area (Å²) >= 11 is 0. The molecular formula is C41H42F6O. The maximum Gasteiger partial charge on any atom is 0.432 e. The van der Waals surface area contributed by atoms with Crippen LogP contribution in [0.2, 0.25) is 0 Å². The van der Waals surface area contributed by atoms with Crippen LogP contribution in [0.4, 0.5) is 26.3 Å². The van der Waals surface area contributed by atoms with E-state index < -0.39 is 34.9 Å². The second-order valence-corrected chi connectivity index (χ2v) is 12.8. The van der Waals surface area contributed by atoms with Crippen LogP contribution in [0.1, 0.15) is 94.2 Å². The van der Waals surface area contributed by atoms with Crippen LogP contribution in [-0.4, -0.2) is 0 Å². The van der Waals surface area contributed by atoms with E-state index in [4.69, 9.17) is 4.74 Å². The molecule has 0 heterocycles. The van der Waals surface area contributed by atoms with E-state index in [9.17, 15) is 4.39 Å². The molecular weight excluding hydrogens is 622 g/mol. The van der Waals surface area contributed by atoms with Gasteiger partial charge in [0.25, 0.3) is 0 Å². The Hall–Kier alpha value is -4.00. The summed E-state index contributed by atoms with van der Waals surface area (Å²) in [5.74, 6) is -3.42. The molecule has 7 heteroatoms. The van der Waals surface area contributed by atoms with Crippen LogP contribution in [-0.2, 0) is 12.5 Å². The first-order valence-corrected chi connectivity index (χ1v) is 17.0. The molecule has 0 bridgehead atoms. The molecule has 1 nitrogen and oxygen atoms in total. The van der Waals surface area contributed by atoms with E-state index in [0.29, 0.717) is 46.6 Å². The fourth-order valence-corrected chi connectivity index (χ4v) is 6.74. The Balaban J connectivity index is 1.24. The lowest BCUT2D eigenvalue weighted by Crippen LogP contribution is -2.25. The fourth-order valence-electron chi connectivity index (χ4n) is 6.74. The maximum atomic E-state index is 15.2. The zero-order chi connectivity index (χ0) is 34.3. The lowest BCUT2D eigenvalue weighted by molar-refractivity contribution is -0.189. The number of halogens is 6. The topological polar surface area (TPSA) is 9.23 Å². The molecule has 0 aromatic heterocycles. The summed E-state index contributed by atoms with van der Waals surface area (Å²) in [7, 11) is 0. The highest BCUT2D eigenvalue weighted by atomic mass is 19.3. The van der Waals surface area contributed by atoms with Crippen LogP contribution in [0, 0.1) is 29.2 Å². The summed E-state index contributed by atoms with van der Waals surface area (Å²) in [6.45, 7) is 4.06. The van der Waals surface area contributed by atoms with Crippen molar-refractivity contribution in [3.63, 3.8) is 0 Å². The van der Waals surface area contributed by atoms with E-state index in [-0.39, 0.29) is 17.2 Å². The second kappa shape index (κ2) is 15.9. The largest absolute Gasteiger partial charge is 0.432 e. The molecule has 0 aliphatic heterocycles. The summed E-state index contributed by atoms with van der Waals surface area (Å²) in [5.41, 5.74) is 1.11. The first-order chi connectivity index (χ1) is 23.1. The number of alkyl halides is 2. The number of hydrogen-bond donors (Lipinski definition) is 0. The summed E-state index contributed by atoms with van der Waals surface area (Å²) in [4.78, 5) is 0. The monoisotopic (exact) mass is 664 g/mol. The van der Waals surface area contributed by atoms with Crippen molar-refractivity contribution in [1.29, 1.82) is 0 Å². The molecule has 4 aromatic rings. The Bertz CT molecular complexity index is 1680. The van der Waals surface area contributed by atoms with Gasteiger partial charge in [-0.05, 0) is 121 Å². The van der Waals surface area contributed by atoms with E-state index >= 15 is 22.0 Å². The van der Waals surface area contributed by atoms with Crippen LogP contribution in [0.15, 0.2) is 84.9 Å². The van der Waals surface area contributed by atoms with Crippen molar-refractivity contribution in [2.45, 2.75) is 90.1 Å². The van der Waals surface area contributed by atoms with Crippen molar-refractivity contribution in [2.75, 3.05) is 0 Å². The molecule has 0 saturated heterocycles. The average Bonchev–Trinajstić information content (AvgIpc) is 3.05.